The number of aliphatic imine (C=N–C) groups is 1. The van der Waals surface area contributed by atoms with E-state index in [0.717, 1.165) is 11.1 Å². The summed E-state index contributed by atoms with van der Waals surface area (Å²) in [6.45, 7) is 4.67. The van der Waals surface area contributed by atoms with E-state index in [-0.39, 0.29) is 5.54 Å². The first-order chi connectivity index (χ1) is 10.6. The van der Waals surface area contributed by atoms with E-state index >= 15 is 0 Å². The molecule has 0 amide bonds. The molecule has 0 unspecified atom stereocenters. The predicted octanol–water partition coefficient (Wildman–Crippen LogP) is 3.70. The molecule has 3 rings (SSSR count). The Labute approximate surface area is 130 Å². The van der Waals surface area contributed by atoms with Gasteiger partial charge >= 0.3 is 0 Å². The zero-order valence-corrected chi connectivity index (χ0v) is 12.8. The normalized spacial score (nSPS) is 15.8. The van der Waals surface area contributed by atoms with E-state index < -0.39 is 0 Å². The van der Waals surface area contributed by atoms with E-state index in [1.54, 1.807) is 0 Å². The summed E-state index contributed by atoms with van der Waals surface area (Å²) in [5.41, 5.74) is 3.55. The summed E-state index contributed by atoms with van der Waals surface area (Å²) in [4.78, 5) is 4.65. The Hall–Kier alpha value is -2.60. The van der Waals surface area contributed by atoms with Gasteiger partial charge in [0.1, 0.15) is 6.61 Å². The molecule has 0 aromatic heterocycles. The van der Waals surface area contributed by atoms with Crippen LogP contribution in [0.2, 0.25) is 0 Å². The highest BCUT2D eigenvalue weighted by Gasteiger charge is 2.28. The van der Waals surface area contributed by atoms with Crippen LogP contribution < -0.4 is 0 Å². The summed E-state index contributed by atoms with van der Waals surface area (Å²) >= 11 is 0. The topological polar surface area (TPSA) is 45.4 Å². The third-order valence-electron chi connectivity index (χ3n) is 3.72. The molecule has 110 valence electrons. The number of hydrogen-bond donors (Lipinski definition) is 0. The average Bonchev–Trinajstić information content (AvgIpc) is 2.88. The average molecular weight is 290 g/mol. The van der Waals surface area contributed by atoms with Crippen molar-refractivity contribution in [3.8, 4) is 6.07 Å². The fourth-order valence-electron chi connectivity index (χ4n) is 2.60. The van der Waals surface area contributed by atoms with Crippen LogP contribution in [0.4, 0.5) is 0 Å². The zero-order valence-electron chi connectivity index (χ0n) is 12.8. The van der Waals surface area contributed by atoms with Gasteiger partial charge in [-0.15, -0.1) is 0 Å². The van der Waals surface area contributed by atoms with E-state index in [4.69, 9.17) is 4.74 Å². The van der Waals surface area contributed by atoms with Crippen molar-refractivity contribution in [1.29, 1.82) is 5.26 Å². The number of nitriles is 1. The zero-order chi connectivity index (χ0) is 15.6. The van der Waals surface area contributed by atoms with Crippen LogP contribution in [0.5, 0.6) is 0 Å². The van der Waals surface area contributed by atoms with Gasteiger partial charge in [0.15, 0.2) is 0 Å². The Morgan fingerprint density at radius 2 is 1.91 bits per heavy atom. The highest BCUT2D eigenvalue weighted by Crippen LogP contribution is 2.25. The molecule has 0 atom stereocenters. The largest absolute Gasteiger partial charge is 0.475 e. The second kappa shape index (κ2) is 5.65. The number of rotatable bonds is 3. The molecule has 1 aliphatic heterocycles. The molecule has 22 heavy (non-hydrogen) atoms. The van der Waals surface area contributed by atoms with Crippen LogP contribution in [0.3, 0.4) is 0 Å². The summed E-state index contributed by atoms with van der Waals surface area (Å²) in [5, 5.41) is 9.44. The standard InChI is InChI=1S/C19H18N2O/c1-19(2)13-22-18(21-19)16-10-6-9-15(12-20)17(16)11-14-7-4-3-5-8-14/h3-10H,11,13H2,1-2H3. The van der Waals surface area contributed by atoms with Gasteiger partial charge in [-0.1, -0.05) is 36.4 Å². The molecule has 2 aromatic carbocycles. The molecule has 0 bridgehead atoms. The van der Waals surface area contributed by atoms with Crippen LogP contribution >= 0.6 is 0 Å². The molecular weight excluding hydrogens is 272 g/mol. The monoisotopic (exact) mass is 290 g/mol. The molecule has 0 fully saturated rings. The maximum absolute atomic E-state index is 9.44. The van der Waals surface area contributed by atoms with Crippen molar-refractivity contribution in [3.63, 3.8) is 0 Å². The lowest BCUT2D eigenvalue weighted by Crippen LogP contribution is -2.17. The SMILES string of the molecule is CC1(C)COC(c2cccc(C#N)c2Cc2ccccc2)=N1. The van der Waals surface area contributed by atoms with E-state index in [9.17, 15) is 5.26 Å². The van der Waals surface area contributed by atoms with Gasteiger partial charge in [-0.05, 0) is 43.5 Å². The van der Waals surface area contributed by atoms with Crippen molar-refractivity contribution in [2.75, 3.05) is 6.61 Å². The fourth-order valence-corrected chi connectivity index (χ4v) is 2.60. The van der Waals surface area contributed by atoms with Crippen LogP contribution in [0.25, 0.3) is 0 Å². The van der Waals surface area contributed by atoms with Crippen LogP contribution in [-0.4, -0.2) is 18.0 Å². The number of nitrogens with zero attached hydrogens (tertiary/aromatic N) is 2. The van der Waals surface area contributed by atoms with Gasteiger partial charge in [-0.25, -0.2) is 4.99 Å². The lowest BCUT2D eigenvalue weighted by molar-refractivity contribution is 0.279. The molecule has 0 saturated carbocycles. The minimum absolute atomic E-state index is 0.206. The molecule has 0 radical (unpaired) electrons. The lowest BCUT2D eigenvalue weighted by Gasteiger charge is -2.11. The number of hydrogen-bond acceptors (Lipinski definition) is 3. The molecule has 3 nitrogen and oxygen atoms in total. The second-order valence-electron chi connectivity index (χ2n) is 6.12. The van der Waals surface area contributed by atoms with Crippen LogP contribution in [-0.2, 0) is 11.2 Å². The lowest BCUT2D eigenvalue weighted by atomic mass is 9.95. The molecule has 1 heterocycles. The molecule has 0 spiro atoms. The predicted molar refractivity (Wildman–Crippen MR) is 87.0 cm³/mol. The van der Waals surface area contributed by atoms with E-state index in [2.05, 4.69) is 23.2 Å². The summed E-state index contributed by atoms with van der Waals surface area (Å²) in [5.74, 6) is 0.646. The van der Waals surface area contributed by atoms with Crippen molar-refractivity contribution < 1.29 is 4.74 Å². The van der Waals surface area contributed by atoms with Crippen molar-refractivity contribution >= 4 is 5.90 Å². The van der Waals surface area contributed by atoms with Crippen molar-refractivity contribution in [2.24, 2.45) is 4.99 Å². The first-order valence-corrected chi connectivity index (χ1v) is 7.38. The second-order valence-corrected chi connectivity index (χ2v) is 6.12. The Morgan fingerprint density at radius 3 is 2.55 bits per heavy atom. The maximum Gasteiger partial charge on any atom is 0.217 e. The minimum atomic E-state index is -0.206. The molecule has 2 aromatic rings. The van der Waals surface area contributed by atoms with Crippen molar-refractivity contribution in [2.45, 2.75) is 25.8 Å². The molecule has 0 aliphatic carbocycles. The Bertz CT molecular complexity index is 755. The van der Waals surface area contributed by atoms with Gasteiger partial charge in [-0.2, -0.15) is 5.26 Å². The first-order valence-electron chi connectivity index (χ1n) is 7.38. The quantitative estimate of drug-likeness (QED) is 0.865. The highest BCUT2D eigenvalue weighted by molar-refractivity contribution is 5.97. The summed E-state index contributed by atoms with van der Waals surface area (Å²) in [6.07, 6.45) is 0.697. The van der Waals surface area contributed by atoms with E-state index in [1.807, 2.05) is 50.2 Å². The Kier molecular flexibility index (Phi) is 3.68. The van der Waals surface area contributed by atoms with Gasteiger partial charge in [0.2, 0.25) is 5.90 Å². The number of ether oxygens (including phenoxy) is 1. The smallest absolute Gasteiger partial charge is 0.217 e. The first kappa shape index (κ1) is 14.3. The minimum Gasteiger partial charge on any atom is -0.475 e. The van der Waals surface area contributed by atoms with Gasteiger partial charge in [0, 0.05) is 5.56 Å². The fraction of sp³-hybridized carbons (Fsp3) is 0.263. The summed E-state index contributed by atoms with van der Waals surface area (Å²) in [7, 11) is 0. The van der Waals surface area contributed by atoms with Gasteiger partial charge in [0.25, 0.3) is 0 Å². The number of benzene rings is 2. The van der Waals surface area contributed by atoms with Gasteiger partial charge < -0.3 is 4.74 Å². The van der Waals surface area contributed by atoms with Crippen molar-refractivity contribution in [1.82, 2.24) is 0 Å². The van der Waals surface area contributed by atoms with Crippen LogP contribution in [0.15, 0.2) is 53.5 Å². The molecule has 0 saturated heterocycles. The maximum atomic E-state index is 9.44. The van der Waals surface area contributed by atoms with Crippen LogP contribution in [0, 0.1) is 11.3 Å². The third-order valence-corrected chi connectivity index (χ3v) is 3.72. The summed E-state index contributed by atoms with van der Waals surface area (Å²) in [6, 6.07) is 18.2. The van der Waals surface area contributed by atoms with E-state index in [0.29, 0.717) is 24.5 Å². The molecule has 3 heteroatoms. The third kappa shape index (κ3) is 2.87. The van der Waals surface area contributed by atoms with E-state index in [1.165, 1.54) is 5.56 Å². The van der Waals surface area contributed by atoms with Gasteiger partial charge in [0.05, 0.1) is 17.2 Å². The molecule has 1 aliphatic rings. The Balaban J connectivity index is 2.06. The van der Waals surface area contributed by atoms with Crippen molar-refractivity contribution in [3.05, 3.63) is 70.8 Å². The Morgan fingerprint density at radius 1 is 1.14 bits per heavy atom. The summed E-state index contributed by atoms with van der Waals surface area (Å²) < 4.78 is 5.77. The molecular formula is C19H18N2O. The van der Waals surface area contributed by atoms with Crippen LogP contribution in [0.1, 0.15) is 36.1 Å². The van der Waals surface area contributed by atoms with Gasteiger partial charge in [-0.3, -0.25) is 0 Å². The molecule has 0 N–H and O–H groups in total. The highest BCUT2D eigenvalue weighted by atomic mass is 16.5.